The van der Waals surface area contributed by atoms with Gasteiger partial charge in [-0.25, -0.2) is 0 Å². The number of aliphatic carboxylic acids is 1. The number of piperidine rings is 4. The van der Waals surface area contributed by atoms with Gasteiger partial charge in [-0.3, -0.25) is 68.5 Å². The summed E-state index contributed by atoms with van der Waals surface area (Å²) in [5.41, 5.74) is 8.42. The summed E-state index contributed by atoms with van der Waals surface area (Å²) >= 11 is 0. The van der Waals surface area contributed by atoms with Crippen molar-refractivity contribution in [1.82, 2.24) is 40.4 Å². The van der Waals surface area contributed by atoms with Crippen molar-refractivity contribution in [2.45, 2.75) is 176 Å². The molecule has 0 bridgehead atoms. The summed E-state index contributed by atoms with van der Waals surface area (Å²) < 4.78 is 31.6. The van der Waals surface area contributed by atoms with Gasteiger partial charge in [-0.2, -0.15) is 0 Å². The number of carboxylic acid groups (broad SMARTS) is 1. The number of nitrogens with one attached hydrogen (secondary N) is 3. The molecule has 4 N–H and O–H groups in total. The van der Waals surface area contributed by atoms with Crippen LogP contribution in [0.4, 0.5) is 11.4 Å². The van der Waals surface area contributed by atoms with E-state index in [1.807, 2.05) is 30.3 Å². The molecule has 4 aromatic carbocycles. The van der Waals surface area contributed by atoms with Crippen LogP contribution in [0.5, 0.6) is 11.5 Å². The number of anilines is 2. The van der Waals surface area contributed by atoms with Crippen molar-refractivity contribution in [3.8, 4) is 11.5 Å². The number of hydrogen-bond acceptors (Lipinski definition) is 22. The van der Waals surface area contributed by atoms with E-state index < -0.39 is 30.0 Å². The van der Waals surface area contributed by atoms with Gasteiger partial charge < -0.3 is 63.1 Å². The summed E-state index contributed by atoms with van der Waals surface area (Å²) in [6.07, 6.45) is 13.5. The van der Waals surface area contributed by atoms with Gasteiger partial charge in [0.15, 0.2) is 0 Å². The average molecular weight is 1520 g/mol. The first-order chi connectivity index (χ1) is 51.4. The van der Waals surface area contributed by atoms with Crippen molar-refractivity contribution in [1.29, 1.82) is 0 Å². The molecule has 0 spiro atoms. The van der Waals surface area contributed by atoms with E-state index in [-0.39, 0.29) is 98.6 Å². The largest absolute Gasteiger partial charge is 1.00 e. The zero-order valence-corrected chi connectivity index (χ0v) is 64.6. The number of aldehydes is 1. The fourth-order valence-corrected chi connectivity index (χ4v) is 15.3. The number of fused-ring (bicyclic) bond motifs is 2. The number of imide groups is 2. The Labute approximate surface area is 665 Å². The average Bonchev–Trinajstić information content (AvgIpc) is 1.66. The minimum Gasteiger partial charge on any atom is -0.702 e. The van der Waals surface area contributed by atoms with E-state index in [2.05, 4.69) is 98.3 Å². The molecular weight excluding hydrogens is 1410 g/mol. The number of benzene rings is 4. The molecule has 4 atom stereocenters. The number of amides is 6. The maximum atomic E-state index is 13.1. The predicted molar refractivity (Wildman–Crippen MR) is 408 cm³/mol. The number of ether oxygens (including phenoxy) is 4. The van der Waals surface area contributed by atoms with Crippen molar-refractivity contribution < 1.29 is 111 Å². The van der Waals surface area contributed by atoms with Crippen molar-refractivity contribution in [3.63, 3.8) is 0 Å². The van der Waals surface area contributed by atoms with Crippen LogP contribution in [0, 0.1) is 11.8 Å². The normalized spacial score (nSPS) is 21.8. The van der Waals surface area contributed by atoms with Gasteiger partial charge in [-0.15, -0.1) is 0 Å². The van der Waals surface area contributed by atoms with Crippen LogP contribution in [0.25, 0.3) is 0 Å². The molecule has 6 amide bonds. The fourth-order valence-electron chi connectivity index (χ4n) is 15.3. The Morgan fingerprint density at radius 1 is 0.550 bits per heavy atom. The minimum atomic E-state index is -0.833. The first kappa shape index (κ1) is 88.4. The summed E-state index contributed by atoms with van der Waals surface area (Å²) in [6, 6.07) is 28.4. The number of carboxylic acids is 1. The van der Waals surface area contributed by atoms with Gasteiger partial charge in [0.2, 0.25) is 23.6 Å². The number of piperazine rings is 2. The summed E-state index contributed by atoms with van der Waals surface area (Å²) in [5.74, 6) is -0.962. The quantitative estimate of drug-likeness (QED) is 0.0576. The Balaban J connectivity index is 0.000000236. The summed E-state index contributed by atoms with van der Waals surface area (Å²) in [7, 11) is 0.699. The van der Waals surface area contributed by atoms with E-state index >= 15 is 0 Å². The fraction of sp³-hybridized carbons (Fsp3) is 0.575. The van der Waals surface area contributed by atoms with Crippen LogP contribution < -0.4 is 64.8 Å². The molecule has 14 rings (SSSR count). The third-order valence-electron chi connectivity index (χ3n) is 21.0. The number of carbonyl (C=O) groups excluding carboxylic acids is 9. The molecule has 10 aliphatic heterocycles. The van der Waals surface area contributed by atoms with E-state index in [1.165, 1.54) is 81.4 Å². The first-order valence-corrected chi connectivity index (χ1v) is 37.7. The van der Waals surface area contributed by atoms with Gasteiger partial charge in [0.05, 0.1) is 0 Å². The molecule has 10 aliphatic rings. The molecule has 109 heavy (non-hydrogen) atoms. The molecule has 2 unspecified atom stereocenters. The van der Waals surface area contributed by atoms with E-state index in [0.29, 0.717) is 70.0 Å². The van der Waals surface area contributed by atoms with Crippen LogP contribution in [-0.2, 0) is 83.3 Å². The van der Waals surface area contributed by atoms with E-state index in [1.54, 1.807) is 15.9 Å². The van der Waals surface area contributed by atoms with Crippen molar-refractivity contribution in [2.24, 2.45) is 11.8 Å². The molecule has 8 fully saturated rings. The second-order valence-corrected chi connectivity index (χ2v) is 28.6. The minimum absolute atomic E-state index is 0. The Morgan fingerprint density at radius 3 is 1.40 bits per heavy atom. The SMILES string of the molecule is C.C.CC(=O)O.CC(=O)O[B-]OC(C)=O.O=C1CCC(N2Cc3cc(OC[C@H]4CCCCN4Cc4ccccc4N4CCN(CC5CCOCC5)CC4)ccc3C2=O)C(=O)N1.O=C1CCC(N2Cc3cc(OC[C@H]4CCCCN4Cc4ccccc4N4CCNCC4)ccc3C2=O)C(=O)N1.O=CC1CCOCC1.[Na+]. The Kier molecular flexibility index (Phi) is 36.4. The Morgan fingerprint density at radius 2 is 0.982 bits per heavy atom. The predicted octanol–water partition coefficient (Wildman–Crippen LogP) is 4.35. The van der Waals surface area contributed by atoms with E-state index in [9.17, 15) is 43.2 Å². The first-order valence-electron chi connectivity index (χ1n) is 37.7. The molecule has 0 saturated carbocycles. The molecule has 588 valence electrons. The molecule has 8 saturated heterocycles. The topological polar surface area (TPSA) is 305 Å². The smallest absolute Gasteiger partial charge is 0.702 e. The van der Waals surface area contributed by atoms with Gasteiger partial charge in [0.25, 0.3) is 29.7 Å². The van der Waals surface area contributed by atoms with E-state index in [4.69, 9.17) is 28.8 Å². The molecule has 0 aromatic heterocycles. The van der Waals surface area contributed by atoms with Crippen LogP contribution in [0.1, 0.15) is 168 Å². The summed E-state index contributed by atoms with van der Waals surface area (Å²) in [4.78, 5) is 129. The van der Waals surface area contributed by atoms with Crippen molar-refractivity contribution >= 4 is 78.7 Å². The van der Waals surface area contributed by atoms with Crippen LogP contribution in [0.3, 0.4) is 0 Å². The van der Waals surface area contributed by atoms with Gasteiger partial charge in [0, 0.05) is 186 Å². The summed E-state index contributed by atoms with van der Waals surface area (Å²) in [6.45, 7) is 22.4. The number of likely N-dealkylation sites (tertiary alicyclic amines) is 2. The third-order valence-corrected chi connectivity index (χ3v) is 21.0. The molecule has 10 heterocycles. The summed E-state index contributed by atoms with van der Waals surface area (Å²) in [5, 5.41) is 15.6. The Bertz CT molecular complexity index is 3660. The molecule has 29 heteroatoms. The third kappa shape index (κ3) is 26.2. The second-order valence-electron chi connectivity index (χ2n) is 28.6. The standard InChI is InChI=1S/C36H47N5O5.C30H37N5O4.C6H10O2.C4H6BO4.C2H4O2.2CH4.Na/c42-34-11-10-33(35(43)37-34)41-24-28-21-30(8-9-31(28)36(41)44)46-25-29-6-3-4-14-40(29)23-27-5-1-2-7-32(27)39-17-15-38(16-18-39)22-26-12-19-45-20-13-26;36-28-11-10-27(29(37)32-28)35-19-22-17-24(8-9-25(22)30(35)38)39-20-23-6-3-4-14-34(23)18-21-5-1-2-7-26(21)33-15-12-31-13-16-33;7-5-6-1-3-8-4-2-6;1-3(6)8-5-9-4(2)7;1-2(3)4;;;/h1-2,5,7-9,21,26,29,33H,3-4,6,10-20,22-25H2,(H,37,42,43);1-2,5,7-9,17,23,27,31H,3-4,6,10-16,18-20H2,(H,32,36,37);5-6H,1-4H2;1-2H3;1H3,(H,3,4);2*1H4;/q;;;-1;;;;+1/t29-,33?;23-,27?;;;;;;/m11....../s1. The van der Waals surface area contributed by atoms with Gasteiger partial charge in [-0.1, -0.05) is 64.1 Å². The molecular formula is C80H112BN10NaO17. The molecule has 27 nitrogen and oxygen atoms in total. The van der Waals surface area contributed by atoms with Crippen LogP contribution in [0.15, 0.2) is 84.9 Å². The van der Waals surface area contributed by atoms with Gasteiger partial charge >= 0.3 is 29.6 Å². The zero-order valence-electron chi connectivity index (χ0n) is 62.6. The second kappa shape index (κ2) is 44.9. The number of para-hydroxylation sites is 2. The molecule has 2 radical (unpaired) electrons. The number of rotatable bonds is 19. The van der Waals surface area contributed by atoms with Gasteiger partial charge in [0.1, 0.15) is 50.8 Å². The molecule has 4 aromatic rings. The van der Waals surface area contributed by atoms with Gasteiger partial charge in [-0.05, 0) is 154 Å². The Hall–Kier alpha value is -7.80. The number of hydrogen-bond donors (Lipinski definition) is 4. The van der Waals surface area contributed by atoms with Crippen LogP contribution in [0.2, 0.25) is 0 Å². The zero-order chi connectivity index (χ0) is 74.9. The van der Waals surface area contributed by atoms with E-state index in [0.717, 1.165) is 172 Å². The monoisotopic (exact) mass is 1520 g/mol. The van der Waals surface area contributed by atoms with Crippen LogP contribution in [-0.4, -0.2) is 233 Å². The maximum Gasteiger partial charge on any atom is 1.00 e. The maximum absolute atomic E-state index is 13.1. The number of nitrogens with zero attached hydrogens (tertiary/aromatic N) is 7. The number of carbonyl (C=O) groups is 10. The van der Waals surface area contributed by atoms with Crippen LogP contribution >= 0.6 is 0 Å². The molecule has 0 aliphatic carbocycles. The van der Waals surface area contributed by atoms with Crippen molar-refractivity contribution in [2.75, 3.05) is 121 Å². The van der Waals surface area contributed by atoms with Crippen molar-refractivity contribution in [3.05, 3.63) is 118 Å².